The first kappa shape index (κ1) is 33.5. The Kier molecular flexibility index (Phi) is 9.94. The third kappa shape index (κ3) is 8.03. The number of pyridine rings is 1. The van der Waals surface area contributed by atoms with Gasteiger partial charge in [0.05, 0.1) is 22.1 Å². The first-order chi connectivity index (χ1) is 21.1. The van der Waals surface area contributed by atoms with Crippen molar-refractivity contribution in [3.05, 3.63) is 83.9 Å². The number of piperazine rings is 1. The first-order valence-electron chi connectivity index (χ1n) is 13.4. The predicted octanol–water partition coefficient (Wildman–Crippen LogP) is 5.56. The molecule has 242 valence electrons. The molecule has 0 saturated carbocycles. The summed E-state index contributed by atoms with van der Waals surface area (Å²) in [5, 5.41) is 9.68. The lowest BCUT2D eigenvalue weighted by Gasteiger charge is -2.38. The third-order valence-electron chi connectivity index (χ3n) is 6.88. The van der Waals surface area contributed by atoms with Gasteiger partial charge in [-0.2, -0.15) is 4.31 Å². The van der Waals surface area contributed by atoms with Crippen LogP contribution in [0.15, 0.2) is 71.9 Å². The van der Waals surface area contributed by atoms with E-state index in [0.717, 1.165) is 34.1 Å². The smallest absolute Gasteiger partial charge is 0.573 e. The molecule has 45 heavy (non-hydrogen) atoms. The Morgan fingerprint density at radius 1 is 1.07 bits per heavy atom. The lowest BCUT2D eigenvalue weighted by atomic mass is 10.0. The average molecular weight is 656 g/mol. The van der Waals surface area contributed by atoms with E-state index < -0.39 is 40.1 Å². The van der Waals surface area contributed by atoms with Crippen LogP contribution in [-0.2, 0) is 27.3 Å². The molecule has 2 aromatic heterocycles. The third-order valence-corrected chi connectivity index (χ3v) is 8.80. The van der Waals surface area contributed by atoms with E-state index in [4.69, 9.17) is 5.73 Å². The van der Waals surface area contributed by atoms with Gasteiger partial charge in [0.25, 0.3) is 5.92 Å². The number of carboxylic acid groups (broad SMARTS) is 1. The molecule has 5 rings (SSSR count). The number of aromatic amines is 1. The van der Waals surface area contributed by atoms with Crippen molar-refractivity contribution in [3.63, 3.8) is 0 Å². The van der Waals surface area contributed by atoms with Crippen LogP contribution in [0.5, 0.6) is 5.75 Å². The topological polar surface area (TPSA) is 153 Å². The van der Waals surface area contributed by atoms with Gasteiger partial charge in [-0.15, -0.1) is 19.7 Å². The zero-order valence-corrected chi connectivity index (χ0v) is 24.4. The number of carboxylic acids is 1. The number of carbonyl (C=O) groups is 1. The van der Waals surface area contributed by atoms with E-state index in [1.54, 1.807) is 35.5 Å². The van der Waals surface area contributed by atoms with Crippen LogP contribution in [0.4, 0.5) is 27.9 Å². The van der Waals surface area contributed by atoms with Gasteiger partial charge in [0, 0.05) is 37.8 Å². The predicted molar refractivity (Wildman–Crippen MR) is 153 cm³/mol. The van der Waals surface area contributed by atoms with Gasteiger partial charge in [0.2, 0.25) is 16.0 Å². The van der Waals surface area contributed by atoms with Crippen LogP contribution in [0.3, 0.4) is 0 Å². The highest BCUT2D eigenvalue weighted by molar-refractivity contribution is 7.89. The molecule has 0 amide bonds. The molecule has 1 atom stereocenters. The second-order valence-electron chi connectivity index (χ2n) is 9.82. The van der Waals surface area contributed by atoms with E-state index in [-0.39, 0.29) is 43.1 Å². The van der Waals surface area contributed by atoms with Gasteiger partial charge >= 0.3 is 12.3 Å². The van der Waals surface area contributed by atoms with Crippen molar-refractivity contribution in [2.75, 3.05) is 24.5 Å². The van der Waals surface area contributed by atoms with Crippen molar-refractivity contribution in [2.45, 2.75) is 43.1 Å². The number of ether oxygens (including phenoxy) is 1. The number of alkyl halides is 5. The van der Waals surface area contributed by atoms with Crippen molar-refractivity contribution in [2.24, 2.45) is 0 Å². The second-order valence-corrected chi connectivity index (χ2v) is 11.7. The molecular formula is C28H28F5N6O5S-. The van der Waals surface area contributed by atoms with E-state index >= 15 is 0 Å². The van der Waals surface area contributed by atoms with Crippen LogP contribution in [0.2, 0.25) is 0 Å². The Morgan fingerprint density at radius 3 is 2.29 bits per heavy atom. The Balaban J connectivity index is 0.000000297. The van der Waals surface area contributed by atoms with Crippen LogP contribution in [0.25, 0.3) is 16.8 Å². The fourth-order valence-electron chi connectivity index (χ4n) is 4.46. The lowest BCUT2D eigenvalue weighted by Crippen LogP contribution is -2.58. The standard InChI is InChI=1S/C18H16F3N5O5S.C10H12F2N/c19-18(20,21)31-11-1-3-12(4-2-11)32(29,30)26-8-7-25(10-15(26)16(27)28)17-23-13-5-6-22-9-14(13)24-17;1-2-10(11,12)9-5-3-8(7-13)4-6-9/h1-6,9,15H,7-8,10H2,(H,23,24)(H,27,28);3-6,13H,2,7H2,1H3/q;-1/t15-;/m1./s1. The van der Waals surface area contributed by atoms with Crippen molar-refractivity contribution < 1.29 is 45.0 Å². The summed E-state index contributed by atoms with van der Waals surface area (Å²) in [4.78, 5) is 24.5. The minimum atomic E-state index is -4.92. The van der Waals surface area contributed by atoms with Gasteiger partial charge in [-0.3, -0.25) is 9.78 Å². The Hall–Kier alpha value is -4.35. The number of aliphatic carboxylic acids is 1. The molecule has 1 fully saturated rings. The number of rotatable bonds is 8. The normalized spacial score (nSPS) is 16.2. The number of nitrogens with one attached hydrogen (secondary N) is 2. The second kappa shape index (κ2) is 13.3. The zero-order valence-electron chi connectivity index (χ0n) is 23.6. The van der Waals surface area contributed by atoms with E-state index in [9.17, 15) is 40.3 Å². The van der Waals surface area contributed by atoms with Crippen molar-refractivity contribution in [1.82, 2.24) is 19.3 Å². The Bertz CT molecular complexity index is 1680. The van der Waals surface area contributed by atoms with Crippen molar-refractivity contribution >= 4 is 33.0 Å². The van der Waals surface area contributed by atoms with Gasteiger partial charge < -0.3 is 25.5 Å². The molecule has 3 heterocycles. The molecule has 0 radical (unpaired) electrons. The van der Waals surface area contributed by atoms with Gasteiger partial charge in [-0.25, -0.2) is 22.2 Å². The number of hydrogen-bond donors (Lipinski definition) is 2. The Morgan fingerprint density at radius 2 is 1.73 bits per heavy atom. The summed E-state index contributed by atoms with van der Waals surface area (Å²) >= 11 is 0. The van der Waals surface area contributed by atoms with E-state index in [0.29, 0.717) is 17.0 Å². The highest BCUT2D eigenvalue weighted by Crippen LogP contribution is 2.31. The molecule has 11 nitrogen and oxygen atoms in total. The number of benzene rings is 2. The number of H-pyrrole nitrogens is 1. The van der Waals surface area contributed by atoms with Crippen LogP contribution in [0, 0.1) is 0 Å². The average Bonchev–Trinajstić information content (AvgIpc) is 3.45. The molecule has 1 aliphatic heterocycles. The van der Waals surface area contributed by atoms with E-state index in [1.165, 1.54) is 19.1 Å². The molecule has 4 aromatic rings. The molecule has 3 N–H and O–H groups in total. The van der Waals surface area contributed by atoms with Crippen molar-refractivity contribution in [3.8, 4) is 5.75 Å². The lowest BCUT2D eigenvalue weighted by molar-refractivity contribution is -0.274. The molecule has 0 spiro atoms. The first-order valence-corrected chi connectivity index (χ1v) is 14.9. The number of hydrogen-bond acceptors (Lipinski definition) is 7. The zero-order chi connectivity index (χ0) is 33.0. The fraction of sp³-hybridized carbons (Fsp3) is 0.321. The summed E-state index contributed by atoms with van der Waals surface area (Å²) in [5.74, 6) is -4.31. The van der Waals surface area contributed by atoms with Crippen LogP contribution in [-0.4, -0.2) is 70.8 Å². The van der Waals surface area contributed by atoms with Gasteiger partial charge in [-0.05, 0) is 30.3 Å². The largest absolute Gasteiger partial charge is 0.674 e. The van der Waals surface area contributed by atoms with Crippen LogP contribution < -0.4 is 9.64 Å². The number of anilines is 1. The highest BCUT2D eigenvalue weighted by Gasteiger charge is 2.41. The van der Waals surface area contributed by atoms with Gasteiger partial charge in [0.1, 0.15) is 11.8 Å². The maximum Gasteiger partial charge on any atom is 0.573 e. The molecule has 1 saturated heterocycles. The molecule has 2 aromatic carbocycles. The summed E-state index contributed by atoms with van der Waals surface area (Å²) < 4.78 is 93.7. The minimum absolute atomic E-state index is 0.0344. The summed E-state index contributed by atoms with van der Waals surface area (Å²) in [7, 11) is -4.30. The van der Waals surface area contributed by atoms with Crippen LogP contribution >= 0.6 is 0 Å². The monoisotopic (exact) mass is 655 g/mol. The molecule has 0 aliphatic carbocycles. The number of aromatic nitrogens is 3. The number of sulfonamides is 1. The maximum absolute atomic E-state index is 13.1. The molecule has 0 unspecified atom stereocenters. The quantitative estimate of drug-likeness (QED) is 0.234. The van der Waals surface area contributed by atoms with E-state index in [1.807, 2.05) is 0 Å². The van der Waals surface area contributed by atoms with E-state index in [2.05, 4.69) is 19.7 Å². The summed E-state index contributed by atoms with van der Waals surface area (Å²) in [6.07, 6.45) is -1.99. The number of imidazole rings is 1. The molecule has 17 heteroatoms. The fourth-order valence-corrected chi connectivity index (χ4v) is 6.02. The molecule has 0 bridgehead atoms. The summed E-state index contributed by atoms with van der Waals surface area (Å²) in [6.45, 7) is 1.38. The number of halogens is 5. The highest BCUT2D eigenvalue weighted by atomic mass is 32.2. The van der Waals surface area contributed by atoms with Gasteiger partial charge in [0.15, 0.2) is 0 Å². The SMILES string of the molecule is CCC(F)(F)c1ccc(C[NH-])cc1.O=C(O)[C@H]1CN(c2nc3ccncc3[nH]2)CCN1S(=O)(=O)c1ccc(OC(F)(F)F)cc1. The summed E-state index contributed by atoms with van der Waals surface area (Å²) in [5.41, 5.74) is 9.09. The Labute approximate surface area is 254 Å². The van der Waals surface area contributed by atoms with Crippen molar-refractivity contribution in [1.29, 1.82) is 0 Å². The minimum Gasteiger partial charge on any atom is -0.674 e. The molecular weight excluding hydrogens is 627 g/mol. The number of nitrogens with zero attached hydrogens (tertiary/aromatic N) is 4. The van der Waals surface area contributed by atoms with Crippen LogP contribution in [0.1, 0.15) is 24.5 Å². The molecule has 1 aliphatic rings. The van der Waals surface area contributed by atoms with Gasteiger partial charge in [-0.1, -0.05) is 36.8 Å². The maximum atomic E-state index is 13.1. The summed E-state index contributed by atoms with van der Waals surface area (Å²) in [6, 6.07) is 9.77. The number of fused-ring (bicyclic) bond motifs is 1.